The van der Waals surface area contributed by atoms with Crippen molar-refractivity contribution < 1.29 is 18.7 Å². The fourth-order valence-corrected chi connectivity index (χ4v) is 3.61. The third kappa shape index (κ3) is 6.16. The first-order valence-corrected chi connectivity index (χ1v) is 11.2. The molecule has 3 rings (SSSR count). The van der Waals surface area contributed by atoms with Gasteiger partial charge >= 0.3 is 0 Å². The highest BCUT2D eigenvalue weighted by Crippen LogP contribution is 2.31. The summed E-state index contributed by atoms with van der Waals surface area (Å²) in [6, 6.07) is 11.1. The molecule has 1 N–H and O–H groups in total. The Hall–Kier alpha value is -3.26. The molecule has 33 heavy (non-hydrogen) atoms. The van der Waals surface area contributed by atoms with Crippen molar-refractivity contribution in [3.05, 3.63) is 52.5 Å². The van der Waals surface area contributed by atoms with E-state index >= 15 is 0 Å². The van der Waals surface area contributed by atoms with Gasteiger partial charge in [-0.05, 0) is 36.2 Å². The molecule has 1 aromatic heterocycles. The number of aromatic nitrogens is 1. The second-order valence-electron chi connectivity index (χ2n) is 7.86. The average molecular weight is 473 g/mol. The van der Waals surface area contributed by atoms with Crippen molar-refractivity contribution in [1.29, 1.82) is 0 Å². The second kappa shape index (κ2) is 11.0. The number of anilines is 1. The monoisotopic (exact) mass is 472 g/mol. The number of carbonyl (C=O) groups is 2. The molecule has 0 aliphatic heterocycles. The predicted molar refractivity (Wildman–Crippen MR) is 129 cm³/mol. The zero-order valence-corrected chi connectivity index (χ0v) is 20.1. The number of rotatable bonds is 10. The van der Waals surface area contributed by atoms with E-state index in [-0.39, 0.29) is 18.2 Å². The van der Waals surface area contributed by atoms with Crippen LogP contribution in [0.4, 0.5) is 6.01 Å². The van der Waals surface area contributed by atoms with E-state index in [0.29, 0.717) is 53.1 Å². The summed E-state index contributed by atoms with van der Waals surface area (Å²) in [6.45, 7) is 3.36. The van der Waals surface area contributed by atoms with E-state index in [1.165, 1.54) is 12.0 Å². The van der Waals surface area contributed by atoms with Crippen molar-refractivity contribution in [3.8, 4) is 5.75 Å². The molecule has 3 aromatic rings. The highest BCUT2D eigenvalue weighted by Gasteiger charge is 2.21. The molecule has 0 bridgehead atoms. The largest absolute Gasteiger partial charge is 0.493 e. The molecule has 0 aliphatic rings. The number of hydrogen-bond donors (Lipinski definition) is 1. The van der Waals surface area contributed by atoms with Gasteiger partial charge in [0.25, 0.3) is 11.9 Å². The summed E-state index contributed by atoms with van der Waals surface area (Å²) in [5.41, 5.74) is 2.37. The third-order valence-corrected chi connectivity index (χ3v) is 5.37. The summed E-state index contributed by atoms with van der Waals surface area (Å²) in [4.78, 5) is 32.9. The highest BCUT2D eigenvalue weighted by atomic mass is 35.5. The lowest BCUT2D eigenvalue weighted by molar-refractivity contribution is -0.128. The summed E-state index contributed by atoms with van der Waals surface area (Å²) in [5, 5.41) is 3.79. The van der Waals surface area contributed by atoms with Crippen LogP contribution in [0.3, 0.4) is 0 Å². The summed E-state index contributed by atoms with van der Waals surface area (Å²) in [7, 11) is 4.93. The number of fused-ring (bicyclic) bond motifs is 1. The van der Waals surface area contributed by atoms with E-state index in [2.05, 4.69) is 10.3 Å². The summed E-state index contributed by atoms with van der Waals surface area (Å²) < 4.78 is 11.3. The molecule has 2 aromatic carbocycles. The van der Waals surface area contributed by atoms with E-state index in [1.807, 2.05) is 31.2 Å². The zero-order valence-electron chi connectivity index (χ0n) is 19.4. The van der Waals surface area contributed by atoms with Gasteiger partial charge in [0.15, 0.2) is 11.3 Å². The number of methoxy groups -OCH3 is 1. The Balaban J connectivity index is 1.82. The molecule has 0 spiro atoms. The van der Waals surface area contributed by atoms with Crippen LogP contribution < -0.4 is 10.1 Å². The molecule has 0 unspecified atom stereocenters. The molecular weight excluding hydrogens is 444 g/mol. The van der Waals surface area contributed by atoms with Crippen LogP contribution >= 0.6 is 11.6 Å². The quantitative estimate of drug-likeness (QED) is 0.469. The molecule has 0 aliphatic carbocycles. The molecule has 0 fully saturated rings. The number of amides is 2. The van der Waals surface area contributed by atoms with Gasteiger partial charge in [-0.2, -0.15) is 4.98 Å². The summed E-state index contributed by atoms with van der Waals surface area (Å²) in [6.07, 6.45) is 1.04. The Kier molecular flexibility index (Phi) is 8.16. The predicted octanol–water partition coefficient (Wildman–Crippen LogP) is 4.43. The first kappa shape index (κ1) is 24.4. The molecule has 176 valence electrons. The molecule has 2 amide bonds. The topological polar surface area (TPSA) is 87.9 Å². The number of hydrogen-bond acceptors (Lipinski definition) is 6. The number of oxazole rings is 1. The summed E-state index contributed by atoms with van der Waals surface area (Å²) >= 11 is 6.04. The molecule has 8 nitrogen and oxygen atoms in total. The van der Waals surface area contributed by atoms with Crippen LogP contribution in [-0.2, 0) is 11.3 Å². The van der Waals surface area contributed by atoms with Gasteiger partial charge < -0.3 is 24.3 Å². The maximum atomic E-state index is 13.2. The van der Waals surface area contributed by atoms with Crippen LogP contribution in [0.2, 0.25) is 5.02 Å². The maximum Gasteiger partial charge on any atom is 0.296 e. The minimum Gasteiger partial charge on any atom is -0.493 e. The lowest BCUT2D eigenvalue weighted by Gasteiger charge is -2.23. The van der Waals surface area contributed by atoms with E-state index in [0.717, 1.165) is 12.0 Å². The van der Waals surface area contributed by atoms with Gasteiger partial charge in [-0.3, -0.25) is 9.59 Å². The minimum absolute atomic E-state index is 0.0242. The summed E-state index contributed by atoms with van der Waals surface area (Å²) in [5.74, 6) is 0.212. The molecule has 9 heteroatoms. The number of benzene rings is 2. The molecule has 0 saturated heterocycles. The van der Waals surface area contributed by atoms with Crippen LogP contribution in [0, 0.1) is 0 Å². The van der Waals surface area contributed by atoms with Crippen LogP contribution in [-0.4, -0.2) is 60.9 Å². The maximum absolute atomic E-state index is 13.2. The van der Waals surface area contributed by atoms with E-state index in [4.69, 9.17) is 20.8 Å². The lowest BCUT2D eigenvalue weighted by Crippen LogP contribution is -2.35. The number of nitrogens with one attached hydrogen (secondary N) is 1. The van der Waals surface area contributed by atoms with Gasteiger partial charge in [0.1, 0.15) is 5.52 Å². The second-order valence-corrected chi connectivity index (χ2v) is 8.30. The lowest BCUT2D eigenvalue weighted by atomic mass is 10.1. The Morgan fingerprint density at radius 3 is 2.64 bits per heavy atom. The van der Waals surface area contributed by atoms with Gasteiger partial charge in [-0.1, -0.05) is 30.7 Å². The van der Waals surface area contributed by atoms with Gasteiger partial charge in [0.05, 0.1) is 7.11 Å². The van der Waals surface area contributed by atoms with Crippen molar-refractivity contribution in [2.45, 2.75) is 26.3 Å². The highest BCUT2D eigenvalue weighted by molar-refractivity contribution is 6.30. The molecule has 0 radical (unpaired) electrons. The minimum atomic E-state index is -0.181. The fourth-order valence-electron chi connectivity index (χ4n) is 3.40. The first-order valence-electron chi connectivity index (χ1n) is 10.8. The number of ether oxygens (including phenoxy) is 1. The van der Waals surface area contributed by atoms with Crippen molar-refractivity contribution in [2.75, 3.05) is 39.6 Å². The molecule has 0 saturated carbocycles. The van der Waals surface area contributed by atoms with Crippen LogP contribution in [0.25, 0.3) is 11.1 Å². The number of carbonyl (C=O) groups excluding carboxylic acids is 2. The first-order chi connectivity index (χ1) is 15.8. The smallest absolute Gasteiger partial charge is 0.296 e. The Bertz CT molecular complexity index is 1130. The number of nitrogens with zero attached hydrogens (tertiary/aromatic N) is 3. The van der Waals surface area contributed by atoms with E-state index in [1.54, 1.807) is 31.1 Å². The van der Waals surface area contributed by atoms with E-state index < -0.39 is 0 Å². The SMILES string of the molecule is CCCN(CCC(=O)N(C)C)C(=O)c1cc(OC)c2oc(NCc3cccc(Cl)c3)nc2c1. The van der Waals surface area contributed by atoms with Gasteiger partial charge in [-0.25, -0.2) is 0 Å². The Morgan fingerprint density at radius 2 is 1.97 bits per heavy atom. The van der Waals surface area contributed by atoms with Crippen LogP contribution in [0.1, 0.15) is 35.7 Å². The van der Waals surface area contributed by atoms with Gasteiger partial charge in [0.2, 0.25) is 5.91 Å². The van der Waals surface area contributed by atoms with E-state index in [9.17, 15) is 9.59 Å². The Labute approximate surface area is 198 Å². The van der Waals surface area contributed by atoms with Crippen LogP contribution in [0.15, 0.2) is 40.8 Å². The Morgan fingerprint density at radius 1 is 1.18 bits per heavy atom. The van der Waals surface area contributed by atoms with Crippen molar-refractivity contribution >= 4 is 40.5 Å². The zero-order chi connectivity index (χ0) is 24.0. The molecular formula is C24H29ClN4O4. The van der Waals surface area contributed by atoms with Crippen molar-refractivity contribution in [1.82, 2.24) is 14.8 Å². The number of halogens is 1. The van der Waals surface area contributed by atoms with Crippen molar-refractivity contribution in [3.63, 3.8) is 0 Å². The molecule has 0 atom stereocenters. The van der Waals surface area contributed by atoms with Crippen molar-refractivity contribution in [2.24, 2.45) is 0 Å². The average Bonchev–Trinajstić information content (AvgIpc) is 3.22. The molecule has 1 heterocycles. The van der Waals surface area contributed by atoms with Gasteiger partial charge in [0, 0.05) is 50.7 Å². The van der Waals surface area contributed by atoms with Crippen LogP contribution in [0.5, 0.6) is 5.75 Å². The fraction of sp³-hybridized carbons (Fsp3) is 0.375. The normalized spacial score (nSPS) is 10.8. The van der Waals surface area contributed by atoms with Gasteiger partial charge in [-0.15, -0.1) is 0 Å². The third-order valence-electron chi connectivity index (χ3n) is 5.13. The standard InChI is InChI=1S/C24H29ClN4O4/c1-5-10-29(11-9-21(30)28(2)3)23(31)17-13-19-22(20(14-17)32-4)33-24(27-19)26-15-16-7-6-8-18(25)12-16/h6-8,12-14H,5,9-11,15H2,1-4H3,(H,26,27).